The van der Waals surface area contributed by atoms with Crippen molar-refractivity contribution in [1.29, 1.82) is 0 Å². The number of amides is 1. The number of hydrogen-bond donors (Lipinski definition) is 0. The molecule has 3 rings (SSSR count). The van der Waals surface area contributed by atoms with Crippen LogP contribution in [-0.4, -0.2) is 40.3 Å². The molecule has 0 unspecified atom stereocenters. The first kappa shape index (κ1) is 16.1. The molecule has 0 saturated carbocycles. The number of hydrogen-bond acceptors (Lipinski definition) is 4. The van der Waals surface area contributed by atoms with E-state index in [9.17, 15) is 4.79 Å². The zero-order valence-corrected chi connectivity index (χ0v) is 14.3. The van der Waals surface area contributed by atoms with Crippen LogP contribution in [0.2, 0.25) is 0 Å². The molecular weight excluding hydrogens is 306 g/mol. The summed E-state index contributed by atoms with van der Waals surface area (Å²) in [5.74, 6) is 0.238. The number of likely N-dealkylation sites (N-methyl/N-ethyl adjacent to an activating group) is 1. The summed E-state index contributed by atoms with van der Waals surface area (Å²) in [6.45, 7) is 2.49. The van der Waals surface area contributed by atoms with Gasteiger partial charge in [-0.2, -0.15) is 0 Å². The Morgan fingerprint density at radius 3 is 3.04 bits per heavy atom. The Bertz CT molecular complexity index is 614. The quantitative estimate of drug-likeness (QED) is 0.845. The molecule has 1 aliphatic rings. The SMILES string of the molecule is CN(Cc1cccs1)C(=O)[C@H]1CCCCN1Cc1cccnc1. The summed E-state index contributed by atoms with van der Waals surface area (Å²) in [6, 6.07) is 8.15. The van der Waals surface area contributed by atoms with Gasteiger partial charge in [0.15, 0.2) is 0 Å². The molecule has 5 heteroatoms. The van der Waals surface area contributed by atoms with Crippen molar-refractivity contribution < 1.29 is 4.79 Å². The number of carbonyl (C=O) groups excluding carboxylic acids is 1. The average molecular weight is 329 g/mol. The Kier molecular flexibility index (Phi) is 5.41. The number of piperidine rings is 1. The molecule has 1 fully saturated rings. The second kappa shape index (κ2) is 7.70. The zero-order chi connectivity index (χ0) is 16.1. The Morgan fingerprint density at radius 2 is 2.30 bits per heavy atom. The molecule has 0 bridgehead atoms. The normalized spacial score (nSPS) is 18.7. The number of carbonyl (C=O) groups is 1. The van der Waals surface area contributed by atoms with Crippen LogP contribution < -0.4 is 0 Å². The molecule has 2 aromatic heterocycles. The van der Waals surface area contributed by atoms with Crippen LogP contribution in [0.25, 0.3) is 0 Å². The molecule has 0 aromatic carbocycles. The van der Waals surface area contributed by atoms with E-state index in [0.29, 0.717) is 6.54 Å². The molecule has 4 nitrogen and oxygen atoms in total. The van der Waals surface area contributed by atoms with Crippen molar-refractivity contribution >= 4 is 17.2 Å². The number of likely N-dealkylation sites (tertiary alicyclic amines) is 1. The molecule has 1 amide bonds. The molecule has 0 spiro atoms. The smallest absolute Gasteiger partial charge is 0.240 e. The summed E-state index contributed by atoms with van der Waals surface area (Å²) in [7, 11) is 1.92. The molecule has 3 heterocycles. The van der Waals surface area contributed by atoms with Gasteiger partial charge in [0.2, 0.25) is 5.91 Å². The lowest BCUT2D eigenvalue weighted by Crippen LogP contribution is -2.49. The highest BCUT2D eigenvalue weighted by Crippen LogP contribution is 2.22. The van der Waals surface area contributed by atoms with Crippen LogP contribution in [0.4, 0.5) is 0 Å². The van der Waals surface area contributed by atoms with Gasteiger partial charge in [-0.05, 0) is 42.5 Å². The maximum Gasteiger partial charge on any atom is 0.240 e. The fraction of sp³-hybridized carbons (Fsp3) is 0.444. The Labute approximate surface area is 141 Å². The molecule has 0 aliphatic carbocycles. The average Bonchev–Trinajstić information content (AvgIpc) is 3.08. The summed E-state index contributed by atoms with van der Waals surface area (Å²) < 4.78 is 0. The lowest BCUT2D eigenvalue weighted by Gasteiger charge is -2.36. The third-order valence-corrected chi connectivity index (χ3v) is 5.22. The van der Waals surface area contributed by atoms with Crippen molar-refractivity contribution in [2.45, 2.75) is 38.4 Å². The zero-order valence-electron chi connectivity index (χ0n) is 13.5. The molecule has 0 radical (unpaired) electrons. The van der Waals surface area contributed by atoms with Crippen molar-refractivity contribution in [2.75, 3.05) is 13.6 Å². The highest BCUT2D eigenvalue weighted by molar-refractivity contribution is 7.09. The van der Waals surface area contributed by atoms with Crippen LogP contribution in [0.15, 0.2) is 42.0 Å². The molecule has 1 atom stereocenters. The standard InChI is InChI=1S/C18H23N3OS/c1-20(14-16-7-5-11-23-16)18(22)17-8-2-3-10-21(17)13-15-6-4-9-19-12-15/h4-7,9,11-12,17H,2-3,8,10,13-14H2,1H3/t17-/m1/s1. The van der Waals surface area contributed by atoms with Crippen LogP contribution >= 0.6 is 11.3 Å². The lowest BCUT2D eigenvalue weighted by atomic mass is 10.00. The van der Waals surface area contributed by atoms with Crippen molar-refractivity contribution in [3.05, 3.63) is 52.5 Å². The summed E-state index contributed by atoms with van der Waals surface area (Å²) in [4.78, 5) is 22.5. The van der Waals surface area contributed by atoms with E-state index in [0.717, 1.165) is 25.9 Å². The molecule has 2 aromatic rings. The van der Waals surface area contributed by atoms with E-state index in [-0.39, 0.29) is 11.9 Å². The predicted molar refractivity (Wildman–Crippen MR) is 93.1 cm³/mol. The first-order valence-electron chi connectivity index (χ1n) is 8.14. The van der Waals surface area contributed by atoms with E-state index in [2.05, 4.69) is 27.4 Å². The van der Waals surface area contributed by atoms with Crippen molar-refractivity contribution in [3.8, 4) is 0 Å². The van der Waals surface area contributed by atoms with E-state index >= 15 is 0 Å². The minimum absolute atomic E-state index is 0.00563. The van der Waals surface area contributed by atoms with Gasteiger partial charge in [0.1, 0.15) is 0 Å². The Hall–Kier alpha value is -1.72. The minimum atomic E-state index is -0.00563. The van der Waals surface area contributed by atoms with Gasteiger partial charge < -0.3 is 4.90 Å². The number of rotatable bonds is 5. The van der Waals surface area contributed by atoms with Gasteiger partial charge in [0.05, 0.1) is 12.6 Å². The van der Waals surface area contributed by atoms with Gasteiger partial charge in [0.25, 0.3) is 0 Å². The fourth-order valence-corrected chi connectivity index (χ4v) is 3.91. The fourth-order valence-electron chi connectivity index (χ4n) is 3.15. The van der Waals surface area contributed by atoms with Crippen LogP contribution in [0.3, 0.4) is 0 Å². The van der Waals surface area contributed by atoms with Crippen molar-refractivity contribution in [3.63, 3.8) is 0 Å². The van der Waals surface area contributed by atoms with E-state index in [1.165, 1.54) is 16.9 Å². The summed E-state index contributed by atoms with van der Waals surface area (Å²) >= 11 is 1.70. The maximum absolute atomic E-state index is 12.9. The van der Waals surface area contributed by atoms with Gasteiger partial charge in [-0.15, -0.1) is 11.3 Å². The second-order valence-electron chi connectivity index (χ2n) is 6.12. The van der Waals surface area contributed by atoms with Crippen LogP contribution in [0.5, 0.6) is 0 Å². The molecular formula is C18H23N3OS. The van der Waals surface area contributed by atoms with Gasteiger partial charge in [-0.1, -0.05) is 18.6 Å². The minimum Gasteiger partial charge on any atom is -0.339 e. The first-order chi connectivity index (χ1) is 11.2. The Morgan fingerprint density at radius 1 is 1.39 bits per heavy atom. The number of aromatic nitrogens is 1. The largest absolute Gasteiger partial charge is 0.339 e. The molecule has 23 heavy (non-hydrogen) atoms. The summed E-state index contributed by atoms with van der Waals surface area (Å²) in [6.07, 6.45) is 6.93. The van der Waals surface area contributed by atoms with Crippen LogP contribution in [-0.2, 0) is 17.9 Å². The third kappa shape index (κ3) is 4.18. The molecule has 1 aliphatic heterocycles. The van der Waals surface area contributed by atoms with Gasteiger partial charge in [-0.3, -0.25) is 14.7 Å². The lowest BCUT2D eigenvalue weighted by molar-refractivity contribution is -0.137. The Balaban J connectivity index is 1.66. The second-order valence-corrected chi connectivity index (χ2v) is 7.15. The van der Waals surface area contributed by atoms with Crippen molar-refractivity contribution in [1.82, 2.24) is 14.8 Å². The highest BCUT2D eigenvalue weighted by Gasteiger charge is 2.30. The molecule has 1 saturated heterocycles. The maximum atomic E-state index is 12.9. The third-order valence-electron chi connectivity index (χ3n) is 4.36. The topological polar surface area (TPSA) is 36.4 Å². The van der Waals surface area contributed by atoms with Gasteiger partial charge in [-0.25, -0.2) is 0 Å². The molecule has 0 N–H and O–H groups in total. The first-order valence-corrected chi connectivity index (χ1v) is 9.02. The summed E-state index contributed by atoms with van der Waals surface area (Å²) in [5.41, 5.74) is 1.17. The number of nitrogens with zero attached hydrogens (tertiary/aromatic N) is 3. The number of thiophene rings is 1. The van der Waals surface area contributed by atoms with E-state index in [1.807, 2.05) is 30.3 Å². The van der Waals surface area contributed by atoms with Crippen molar-refractivity contribution in [2.24, 2.45) is 0 Å². The molecule has 122 valence electrons. The highest BCUT2D eigenvalue weighted by atomic mass is 32.1. The van der Waals surface area contributed by atoms with E-state index in [4.69, 9.17) is 0 Å². The van der Waals surface area contributed by atoms with Crippen LogP contribution in [0, 0.1) is 0 Å². The van der Waals surface area contributed by atoms with Crippen LogP contribution in [0.1, 0.15) is 29.7 Å². The van der Waals surface area contributed by atoms with Gasteiger partial charge >= 0.3 is 0 Å². The van der Waals surface area contributed by atoms with E-state index < -0.39 is 0 Å². The monoisotopic (exact) mass is 329 g/mol. The van der Waals surface area contributed by atoms with Gasteiger partial charge in [0, 0.05) is 30.9 Å². The predicted octanol–water partition coefficient (Wildman–Crippen LogP) is 3.16. The van der Waals surface area contributed by atoms with E-state index in [1.54, 1.807) is 17.5 Å². The number of pyridine rings is 1. The summed E-state index contributed by atoms with van der Waals surface area (Å²) in [5, 5.41) is 2.06.